The number of rotatable bonds is 10. The van der Waals surface area contributed by atoms with Gasteiger partial charge in [0.25, 0.3) is 5.91 Å². The zero-order chi connectivity index (χ0) is 24.9. The quantitative estimate of drug-likeness (QED) is 0.318. The lowest BCUT2D eigenvalue weighted by Crippen LogP contribution is -2.41. The minimum absolute atomic E-state index is 0.0420. The number of Topliss-reactive ketones (excluding diaryl/α,β-unsaturated/α-hetero) is 1. The van der Waals surface area contributed by atoms with Gasteiger partial charge in [0.15, 0.2) is 5.78 Å². The van der Waals surface area contributed by atoms with Crippen molar-refractivity contribution in [1.82, 2.24) is 15.0 Å². The van der Waals surface area contributed by atoms with E-state index in [2.05, 4.69) is 15.0 Å². The second-order valence-electron chi connectivity index (χ2n) is 7.03. The minimum atomic E-state index is -4.15. The van der Waals surface area contributed by atoms with E-state index in [0.29, 0.717) is 5.56 Å². The number of hydrogen-bond acceptors (Lipinski definition) is 8. The van der Waals surface area contributed by atoms with Gasteiger partial charge < -0.3 is 20.6 Å². The molecule has 0 spiro atoms. The highest BCUT2D eigenvalue weighted by atomic mass is 32.2. The molecule has 33 heavy (non-hydrogen) atoms. The topological polar surface area (TPSA) is 200 Å². The lowest BCUT2D eigenvalue weighted by Gasteiger charge is -2.14. The fourth-order valence-corrected chi connectivity index (χ4v) is 3.74. The first-order chi connectivity index (χ1) is 15.3. The number of hydrogen-bond donors (Lipinski definition) is 5. The van der Waals surface area contributed by atoms with Gasteiger partial charge in [-0.1, -0.05) is 0 Å². The number of ketones is 1. The summed E-state index contributed by atoms with van der Waals surface area (Å²) in [6.45, 7) is 2.44. The summed E-state index contributed by atoms with van der Waals surface area (Å²) in [5.74, 6) is -4.57. The Morgan fingerprint density at radius 3 is 2.33 bits per heavy atom. The smallest absolute Gasteiger partial charge is 0.339 e. The fourth-order valence-electron chi connectivity index (χ4n) is 2.73. The molecule has 1 unspecified atom stereocenters. The third kappa shape index (κ3) is 6.57. The van der Waals surface area contributed by atoms with Crippen LogP contribution in [0.2, 0.25) is 0 Å². The first kappa shape index (κ1) is 25.4. The second-order valence-corrected chi connectivity index (χ2v) is 8.80. The van der Waals surface area contributed by atoms with E-state index in [1.54, 1.807) is 6.92 Å². The predicted molar refractivity (Wildman–Crippen MR) is 112 cm³/mol. The lowest BCUT2D eigenvalue weighted by molar-refractivity contribution is -0.139. The van der Waals surface area contributed by atoms with Crippen molar-refractivity contribution in [2.75, 3.05) is 0 Å². The summed E-state index contributed by atoms with van der Waals surface area (Å²) >= 11 is 0. The van der Waals surface area contributed by atoms with Crippen LogP contribution in [0.5, 0.6) is 5.75 Å². The molecule has 2 aromatic rings. The molecule has 1 amide bonds. The molecule has 176 valence electrons. The number of aromatic nitrogens is 1. The summed E-state index contributed by atoms with van der Waals surface area (Å²) < 4.78 is 27.2. The minimum Gasteiger partial charge on any atom is -0.507 e. The van der Waals surface area contributed by atoms with Crippen molar-refractivity contribution in [1.29, 1.82) is 0 Å². The molecule has 1 heterocycles. The molecule has 0 aliphatic heterocycles. The molecule has 13 heteroatoms. The van der Waals surface area contributed by atoms with E-state index in [4.69, 9.17) is 10.2 Å². The monoisotopic (exact) mass is 479 g/mol. The standard InChI is InChI=1S/C20H21N3O9S/c1-10-5-12(19(28)23-15(11(2)24)7-18(26)27)8-21-16(10)9-22-33(31,32)13-3-4-17(25)14(6-13)20(29)30/h3-6,8,15,22,25H,7,9H2,1-2H3,(H,23,28)(H,26,27)(H,29,30). The summed E-state index contributed by atoms with van der Waals surface area (Å²) in [7, 11) is -4.15. The van der Waals surface area contributed by atoms with Crippen LogP contribution in [0.3, 0.4) is 0 Å². The van der Waals surface area contributed by atoms with Crippen LogP contribution in [0.15, 0.2) is 35.4 Å². The number of nitrogens with zero attached hydrogens (tertiary/aromatic N) is 1. The van der Waals surface area contributed by atoms with Crippen LogP contribution in [0.4, 0.5) is 0 Å². The molecule has 5 N–H and O–H groups in total. The van der Waals surface area contributed by atoms with Crippen molar-refractivity contribution in [3.63, 3.8) is 0 Å². The number of amides is 1. The van der Waals surface area contributed by atoms with Crippen molar-refractivity contribution >= 4 is 33.7 Å². The van der Waals surface area contributed by atoms with E-state index < -0.39 is 57.4 Å². The summed E-state index contributed by atoms with van der Waals surface area (Å²) in [6, 6.07) is 3.00. The number of sulfonamides is 1. The van der Waals surface area contributed by atoms with Crippen molar-refractivity contribution in [2.45, 2.75) is 37.8 Å². The van der Waals surface area contributed by atoms with Crippen LogP contribution < -0.4 is 10.0 Å². The Bertz CT molecular complexity index is 1230. The number of carboxylic acid groups (broad SMARTS) is 2. The number of carboxylic acids is 2. The molecular weight excluding hydrogens is 458 g/mol. The molecule has 0 aliphatic carbocycles. The Hall–Kier alpha value is -3.84. The third-order valence-corrected chi connectivity index (χ3v) is 5.96. The highest BCUT2D eigenvalue weighted by molar-refractivity contribution is 7.89. The van der Waals surface area contributed by atoms with E-state index in [-0.39, 0.29) is 22.7 Å². The number of pyridine rings is 1. The molecule has 0 fully saturated rings. The Morgan fingerprint density at radius 2 is 1.79 bits per heavy atom. The van der Waals surface area contributed by atoms with Gasteiger partial charge in [0, 0.05) is 6.20 Å². The molecule has 1 atom stereocenters. The van der Waals surface area contributed by atoms with E-state index in [0.717, 1.165) is 31.3 Å². The number of carbonyl (C=O) groups is 4. The van der Waals surface area contributed by atoms with Crippen LogP contribution in [0, 0.1) is 6.92 Å². The second kappa shape index (κ2) is 10.2. The average Bonchev–Trinajstić information content (AvgIpc) is 2.71. The SMILES string of the molecule is CC(=O)C(CC(=O)O)NC(=O)c1cnc(CNS(=O)(=O)c2ccc(O)c(C(=O)O)c2)c(C)c1. The van der Waals surface area contributed by atoms with E-state index >= 15 is 0 Å². The van der Waals surface area contributed by atoms with Gasteiger partial charge in [0.1, 0.15) is 11.3 Å². The molecule has 0 saturated carbocycles. The molecule has 0 bridgehead atoms. The molecule has 1 aromatic heterocycles. The molecule has 2 rings (SSSR count). The summed E-state index contributed by atoms with van der Waals surface area (Å²) in [6.07, 6.45) is 0.571. The van der Waals surface area contributed by atoms with E-state index in [1.165, 1.54) is 6.07 Å². The van der Waals surface area contributed by atoms with Crippen molar-refractivity contribution in [2.24, 2.45) is 0 Å². The Kier molecular flexibility index (Phi) is 7.85. The summed E-state index contributed by atoms with van der Waals surface area (Å²) in [4.78, 5) is 49.5. The van der Waals surface area contributed by atoms with Crippen molar-refractivity contribution in [3.8, 4) is 5.75 Å². The number of carbonyl (C=O) groups excluding carboxylic acids is 2. The zero-order valence-corrected chi connectivity index (χ0v) is 18.3. The largest absolute Gasteiger partial charge is 0.507 e. The molecule has 1 aromatic carbocycles. The number of benzene rings is 1. The molecule has 12 nitrogen and oxygen atoms in total. The van der Waals surface area contributed by atoms with Gasteiger partial charge in [0.2, 0.25) is 10.0 Å². The number of aryl methyl sites for hydroxylation is 1. The lowest BCUT2D eigenvalue weighted by atomic mass is 10.1. The highest BCUT2D eigenvalue weighted by Crippen LogP contribution is 2.21. The van der Waals surface area contributed by atoms with E-state index in [1.807, 2.05) is 0 Å². The number of aromatic hydroxyl groups is 1. The molecule has 0 radical (unpaired) electrons. The van der Waals surface area contributed by atoms with Gasteiger partial charge >= 0.3 is 11.9 Å². The maximum Gasteiger partial charge on any atom is 0.339 e. The predicted octanol–water partition coefficient (Wildman–Crippen LogP) is 0.434. The van der Waals surface area contributed by atoms with Crippen LogP contribution in [-0.4, -0.2) is 58.4 Å². The van der Waals surface area contributed by atoms with E-state index in [9.17, 15) is 32.7 Å². The van der Waals surface area contributed by atoms with Gasteiger partial charge in [-0.3, -0.25) is 19.4 Å². The Labute approximate surface area is 188 Å². The number of nitrogens with one attached hydrogen (secondary N) is 2. The Balaban J connectivity index is 2.15. The maximum atomic E-state index is 12.5. The normalized spacial score (nSPS) is 12.1. The first-order valence-electron chi connectivity index (χ1n) is 9.36. The van der Waals surface area contributed by atoms with Gasteiger partial charge in [0.05, 0.1) is 35.2 Å². The third-order valence-electron chi connectivity index (χ3n) is 4.56. The highest BCUT2D eigenvalue weighted by Gasteiger charge is 2.22. The fraction of sp³-hybridized carbons (Fsp3) is 0.250. The zero-order valence-electron chi connectivity index (χ0n) is 17.5. The number of aliphatic carboxylic acids is 1. The van der Waals surface area contributed by atoms with Gasteiger partial charge in [-0.25, -0.2) is 17.9 Å². The molecule has 0 aliphatic rings. The summed E-state index contributed by atoms with van der Waals surface area (Å²) in [5.41, 5.74) is 0.163. The molecule has 0 saturated heterocycles. The van der Waals surface area contributed by atoms with Crippen LogP contribution >= 0.6 is 0 Å². The van der Waals surface area contributed by atoms with Crippen molar-refractivity contribution < 1.29 is 42.9 Å². The Morgan fingerprint density at radius 1 is 1.12 bits per heavy atom. The van der Waals surface area contributed by atoms with Crippen molar-refractivity contribution in [3.05, 3.63) is 52.8 Å². The average molecular weight is 479 g/mol. The molecular formula is C20H21N3O9S. The number of phenols is 1. The van der Waals surface area contributed by atoms with Crippen LogP contribution in [-0.2, 0) is 26.2 Å². The number of aromatic carboxylic acids is 1. The first-order valence-corrected chi connectivity index (χ1v) is 10.8. The van der Waals surface area contributed by atoms with Crippen LogP contribution in [0.1, 0.15) is 45.3 Å². The van der Waals surface area contributed by atoms with Gasteiger partial charge in [-0.05, 0) is 43.7 Å². The van der Waals surface area contributed by atoms with Crippen LogP contribution in [0.25, 0.3) is 0 Å². The van der Waals surface area contributed by atoms with Gasteiger partial charge in [-0.15, -0.1) is 0 Å². The summed E-state index contributed by atoms with van der Waals surface area (Å²) in [5, 5.41) is 29.7. The maximum absolute atomic E-state index is 12.5. The van der Waals surface area contributed by atoms with Gasteiger partial charge in [-0.2, -0.15) is 0 Å².